The van der Waals surface area contributed by atoms with Crippen LogP contribution in [0.1, 0.15) is 65.6 Å². The lowest BCUT2D eigenvalue weighted by atomic mass is 10.1. The molecule has 0 aliphatic carbocycles. The van der Waals surface area contributed by atoms with Crippen LogP contribution in [-0.2, 0) is 30.2 Å². The number of carbonyl (C=O) groups is 2. The summed E-state index contributed by atoms with van der Waals surface area (Å²) in [5.74, 6) is -1.84. The Bertz CT molecular complexity index is 1170. The van der Waals surface area contributed by atoms with Crippen LogP contribution in [0.4, 0.5) is 18.9 Å². The standard InChI is InChI=1S/C27H29F3N2O3/c1-3-18(2)32-21(11-7-10-19-8-5-4-6-9-19)13-15-24(32)26(35)31-23-16-20(17-25(33)34)12-14-22(23)27(28,29)30/h4-6,8-9,12-16,18H,3,7,10-11,17H2,1-2H3,(H,31,35)(H,33,34)/t18-/m1/s1. The molecule has 0 bridgehead atoms. The number of carboxylic acids is 1. The van der Waals surface area contributed by atoms with E-state index in [2.05, 4.69) is 17.4 Å². The van der Waals surface area contributed by atoms with Crippen molar-refractivity contribution < 1.29 is 27.9 Å². The number of hydrogen-bond acceptors (Lipinski definition) is 2. The average molecular weight is 487 g/mol. The number of alkyl halides is 3. The van der Waals surface area contributed by atoms with Gasteiger partial charge in [0, 0.05) is 11.7 Å². The largest absolute Gasteiger partial charge is 0.481 e. The van der Waals surface area contributed by atoms with Gasteiger partial charge in [-0.15, -0.1) is 0 Å². The number of aromatic nitrogens is 1. The second-order valence-corrected chi connectivity index (χ2v) is 8.58. The lowest BCUT2D eigenvalue weighted by molar-refractivity contribution is -0.137. The van der Waals surface area contributed by atoms with Gasteiger partial charge in [0.2, 0.25) is 0 Å². The van der Waals surface area contributed by atoms with Gasteiger partial charge in [0.05, 0.1) is 17.7 Å². The number of nitrogens with zero attached hydrogens (tertiary/aromatic N) is 1. The number of nitrogens with one attached hydrogen (secondary N) is 1. The molecule has 3 aromatic rings. The van der Waals surface area contributed by atoms with Crippen molar-refractivity contribution in [1.82, 2.24) is 4.57 Å². The topological polar surface area (TPSA) is 71.3 Å². The van der Waals surface area contributed by atoms with Crippen LogP contribution < -0.4 is 5.32 Å². The molecular formula is C27H29F3N2O3. The summed E-state index contributed by atoms with van der Waals surface area (Å²) in [6.07, 6.45) is -1.96. The van der Waals surface area contributed by atoms with E-state index in [1.165, 1.54) is 5.56 Å². The van der Waals surface area contributed by atoms with Crippen molar-refractivity contribution in [3.63, 3.8) is 0 Å². The molecule has 0 unspecified atom stereocenters. The van der Waals surface area contributed by atoms with Crippen molar-refractivity contribution in [1.29, 1.82) is 0 Å². The minimum atomic E-state index is -4.70. The van der Waals surface area contributed by atoms with Crippen molar-refractivity contribution >= 4 is 17.6 Å². The van der Waals surface area contributed by atoms with Crippen molar-refractivity contribution in [2.75, 3.05) is 5.32 Å². The fraction of sp³-hybridized carbons (Fsp3) is 0.333. The second kappa shape index (κ2) is 11.3. The van der Waals surface area contributed by atoms with Gasteiger partial charge in [0.15, 0.2) is 0 Å². The summed E-state index contributed by atoms with van der Waals surface area (Å²) in [5, 5.41) is 11.4. The van der Waals surface area contributed by atoms with Crippen molar-refractivity contribution in [2.45, 2.75) is 58.2 Å². The molecule has 0 spiro atoms. The molecule has 1 aromatic heterocycles. The van der Waals surface area contributed by atoms with Gasteiger partial charge in [-0.05, 0) is 68.0 Å². The molecule has 5 nitrogen and oxygen atoms in total. The van der Waals surface area contributed by atoms with E-state index in [1.807, 2.05) is 42.7 Å². The van der Waals surface area contributed by atoms with Crippen LogP contribution >= 0.6 is 0 Å². The number of benzene rings is 2. The predicted octanol–water partition coefficient (Wildman–Crippen LogP) is 6.53. The van der Waals surface area contributed by atoms with Gasteiger partial charge in [0.1, 0.15) is 5.69 Å². The highest BCUT2D eigenvalue weighted by Crippen LogP contribution is 2.36. The van der Waals surface area contributed by atoms with Crippen LogP contribution in [0.15, 0.2) is 60.7 Å². The number of anilines is 1. The third-order valence-corrected chi connectivity index (χ3v) is 6.00. The Hall–Kier alpha value is -3.55. The highest BCUT2D eigenvalue weighted by atomic mass is 19.4. The zero-order chi connectivity index (χ0) is 25.6. The maximum absolute atomic E-state index is 13.6. The van der Waals surface area contributed by atoms with E-state index in [9.17, 15) is 22.8 Å². The molecule has 1 atom stereocenters. The Morgan fingerprint density at radius 1 is 1.00 bits per heavy atom. The Balaban J connectivity index is 1.86. The summed E-state index contributed by atoms with van der Waals surface area (Å²) >= 11 is 0. The first-order valence-electron chi connectivity index (χ1n) is 11.6. The molecule has 0 saturated carbocycles. The number of aliphatic carboxylic acids is 1. The molecular weight excluding hydrogens is 457 g/mol. The number of rotatable bonds is 10. The number of hydrogen-bond donors (Lipinski definition) is 2. The Morgan fingerprint density at radius 3 is 2.34 bits per heavy atom. The molecule has 1 amide bonds. The minimum absolute atomic E-state index is 0.0297. The van der Waals surface area contributed by atoms with Crippen LogP contribution in [0.5, 0.6) is 0 Å². The van der Waals surface area contributed by atoms with Gasteiger partial charge in [-0.1, -0.05) is 43.3 Å². The first-order valence-corrected chi connectivity index (χ1v) is 11.6. The quantitative estimate of drug-likeness (QED) is 0.342. The fourth-order valence-corrected chi connectivity index (χ4v) is 4.11. The van der Waals surface area contributed by atoms with Gasteiger partial charge in [-0.3, -0.25) is 9.59 Å². The average Bonchev–Trinajstić information content (AvgIpc) is 3.22. The van der Waals surface area contributed by atoms with Gasteiger partial charge < -0.3 is 15.0 Å². The molecule has 0 aliphatic heterocycles. The molecule has 8 heteroatoms. The van der Waals surface area contributed by atoms with E-state index in [-0.39, 0.29) is 17.3 Å². The SMILES string of the molecule is CC[C@@H](C)n1c(CCCc2ccccc2)ccc1C(=O)Nc1cc(CC(=O)O)ccc1C(F)(F)F. The first-order chi connectivity index (χ1) is 16.6. The molecule has 1 heterocycles. The van der Waals surface area contributed by atoms with E-state index in [0.29, 0.717) is 6.42 Å². The van der Waals surface area contributed by atoms with Crippen LogP contribution in [0, 0.1) is 0 Å². The molecule has 0 saturated heterocycles. The monoisotopic (exact) mass is 486 g/mol. The van der Waals surface area contributed by atoms with E-state index in [1.54, 1.807) is 6.07 Å². The number of halogens is 3. The Kier molecular flexibility index (Phi) is 8.38. The Morgan fingerprint density at radius 2 is 1.71 bits per heavy atom. The van der Waals surface area contributed by atoms with Gasteiger partial charge >= 0.3 is 12.1 Å². The van der Waals surface area contributed by atoms with Gasteiger partial charge in [-0.25, -0.2) is 0 Å². The molecule has 0 aliphatic rings. The molecule has 0 fully saturated rings. The number of carboxylic acid groups (broad SMARTS) is 1. The van der Waals surface area contributed by atoms with Crippen molar-refractivity contribution in [3.8, 4) is 0 Å². The maximum Gasteiger partial charge on any atom is 0.418 e. The third kappa shape index (κ3) is 6.74. The first kappa shape index (κ1) is 26.1. The summed E-state index contributed by atoms with van der Waals surface area (Å²) in [7, 11) is 0. The predicted molar refractivity (Wildman–Crippen MR) is 129 cm³/mol. The summed E-state index contributed by atoms with van der Waals surface area (Å²) < 4.78 is 42.6. The smallest absolute Gasteiger partial charge is 0.418 e. The lowest BCUT2D eigenvalue weighted by Crippen LogP contribution is -2.22. The fourth-order valence-electron chi connectivity index (χ4n) is 4.11. The van der Waals surface area contributed by atoms with E-state index in [4.69, 9.17) is 5.11 Å². The van der Waals surface area contributed by atoms with Gasteiger partial charge in [0.25, 0.3) is 5.91 Å². The molecule has 35 heavy (non-hydrogen) atoms. The molecule has 0 radical (unpaired) electrons. The Labute approximate surface area is 202 Å². The van der Waals surface area contributed by atoms with Crippen molar-refractivity contribution in [3.05, 3.63) is 88.7 Å². The van der Waals surface area contributed by atoms with Crippen LogP contribution in [0.2, 0.25) is 0 Å². The highest BCUT2D eigenvalue weighted by molar-refractivity contribution is 6.04. The zero-order valence-corrected chi connectivity index (χ0v) is 19.7. The summed E-state index contributed by atoms with van der Waals surface area (Å²) in [6, 6.07) is 16.5. The highest BCUT2D eigenvalue weighted by Gasteiger charge is 2.34. The summed E-state index contributed by atoms with van der Waals surface area (Å²) in [5.41, 5.74) is 1.11. The normalized spacial score (nSPS) is 12.4. The molecule has 2 aromatic carbocycles. The number of amides is 1. The second-order valence-electron chi connectivity index (χ2n) is 8.58. The van der Waals surface area contributed by atoms with Crippen LogP contribution in [0.3, 0.4) is 0 Å². The summed E-state index contributed by atoms with van der Waals surface area (Å²) in [4.78, 5) is 24.2. The van der Waals surface area contributed by atoms with E-state index >= 15 is 0 Å². The number of carbonyl (C=O) groups excluding carboxylic acids is 1. The van der Waals surface area contributed by atoms with Crippen LogP contribution in [0.25, 0.3) is 0 Å². The minimum Gasteiger partial charge on any atom is -0.481 e. The van der Waals surface area contributed by atoms with Crippen molar-refractivity contribution in [2.24, 2.45) is 0 Å². The maximum atomic E-state index is 13.6. The molecule has 2 N–H and O–H groups in total. The van der Waals surface area contributed by atoms with Gasteiger partial charge in [-0.2, -0.15) is 13.2 Å². The molecule has 3 rings (SSSR count). The summed E-state index contributed by atoms with van der Waals surface area (Å²) in [6.45, 7) is 3.95. The van der Waals surface area contributed by atoms with Crippen LogP contribution in [-0.4, -0.2) is 21.6 Å². The lowest BCUT2D eigenvalue weighted by Gasteiger charge is -2.20. The zero-order valence-electron chi connectivity index (χ0n) is 19.7. The third-order valence-electron chi connectivity index (χ3n) is 6.00. The number of aryl methyl sites for hydroxylation is 2. The van der Waals surface area contributed by atoms with E-state index < -0.39 is 35.7 Å². The molecule has 186 valence electrons. The van der Waals surface area contributed by atoms with E-state index in [0.717, 1.165) is 43.2 Å².